The molecule has 10 heteroatoms. The monoisotopic (exact) mass is 604 g/mol. The summed E-state index contributed by atoms with van der Waals surface area (Å²) in [6.45, 7) is 8.08. The van der Waals surface area contributed by atoms with Crippen molar-refractivity contribution in [1.29, 1.82) is 0 Å². The summed E-state index contributed by atoms with van der Waals surface area (Å²) in [7, 11) is 2.10. The zero-order valence-electron chi connectivity index (χ0n) is 25.5. The Morgan fingerprint density at radius 3 is 2.33 bits per heavy atom. The van der Waals surface area contributed by atoms with E-state index in [4.69, 9.17) is 9.72 Å². The zero-order chi connectivity index (χ0) is 30.9. The van der Waals surface area contributed by atoms with Gasteiger partial charge in [-0.3, -0.25) is 9.59 Å². The average Bonchev–Trinajstić information content (AvgIpc) is 3.37. The van der Waals surface area contributed by atoms with Gasteiger partial charge in [0, 0.05) is 57.0 Å². The highest BCUT2D eigenvalue weighted by atomic mass is 32.2. The van der Waals surface area contributed by atoms with Crippen LogP contribution >= 0.6 is 0 Å². The van der Waals surface area contributed by atoms with Crippen molar-refractivity contribution in [2.24, 2.45) is 0 Å². The van der Waals surface area contributed by atoms with E-state index in [1.807, 2.05) is 73.6 Å². The van der Waals surface area contributed by atoms with Crippen LogP contribution in [-0.4, -0.2) is 92.0 Å². The van der Waals surface area contributed by atoms with Crippen LogP contribution in [0.1, 0.15) is 65.2 Å². The van der Waals surface area contributed by atoms with Crippen molar-refractivity contribution >= 4 is 22.8 Å². The van der Waals surface area contributed by atoms with Crippen LogP contribution in [-0.2, 0) is 22.3 Å². The molecule has 5 rings (SSSR count). The van der Waals surface area contributed by atoms with Gasteiger partial charge in [-0.2, -0.15) is 0 Å². The number of nitrogens with zero attached hydrogens (tertiary/aromatic N) is 4. The average molecular weight is 605 g/mol. The van der Waals surface area contributed by atoms with Gasteiger partial charge < -0.3 is 19.6 Å². The molecular weight excluding hydrogens is 564 g/mol. The standard InChI is InChI=1S/C33H40N4O5S/c1-33(2,3)43(41)37-21-26-20-27(32(40)36-13-16-42-17-14-36)34-30(29(26)28(37)12-15-38)24-10-6-8-22(18-24)23-9-7-11-25(19-23)31(39)35(4)5/h6-11,18-20,28,38H,12-17,21H2,1-5H3/t28-,43-/m0/s1. The normalized spacial score (nSPS) is 17.9. The lowest BCUT2D eigenvalue weighted by Crippen LogP contribution is -2.41. The number of hydrogen-bond acceptors (Lipinski definition) is 6. The Balaban J connectivity index is 1.64. The largest absolute Gasteiger partial charge is 0.396 e. The lowest BCUT2D eigenvalue weighted by atomic mass is 9.93. The molecule has 3 aromatic rings. The van der Waals surface area contributed by atoms with Crippen molar-refractivity contribution in [1.82, 2.24) is 19.1 Å². The summed E-state index contributed by atoms with van der Waals surface area (Å²) in [4.78, 5) is 34.6. The molecule has 43 heavy (non-hydrogen) atoms. The highest BCUT2D eigenvalue weighted by molar-refractivity contribution is 7.84. The second-order valence-electron chi connectivity index (χ2n) is 12.2. The number of benzene rings is 2. The first kappa shape index (κ1) is 31.0. The number of aromatic nitrogens is 1. The van der Waals surface area contributed by atoms with Crippen LogP contribution in [0.2, 0.25) is 0 Å². The molecule has 2 aliphatic rings. The fourth-order valence-corrected chi connectivity index (χ4v) is 7.07. The first-order valence-corrected chi connectivity index (χ1v) is 15.7. The van der Waals surface area contributed by atoms with Gasteiger partial charge in [0.15, 0.2) is 0 Å². The molecule has 9 nitrogen and oxygen atoms in total. The summed E-state index contributed by atoms with van der Waals surface area (Å²) in [6.07, 6.45) is 0.384. The van der Waals surface area contributed by atoms with Crippen molar-refractivity contribution in [3.8, 4) is 22.4 Å². The van der Waals surface area contributed by atoms with E-state index in [2.05, 4.69) is 0 Å². The Labute approximate surface area is 256 Å². The Morgan fingerprint density at radius 1 is 1.02 bits per heavy atom. The molecule has 228 valence electrons. The Bertz CT molecular complexity index is 1540. The Morgan fingerprint density at radius 2 is 1.67 bits per heavy atom. The minimum atomic E-state index is -1.36. The number of pyridine rings is 1. The number of fused-ring (bicyclic) bond motifs is 1. The van der Waals surface area contributed by atoms with Crippen LogP contribution in [0, 0.1) is 0 Å². The summed E-state index contributed by atoms with van der Waals surface area (Å²) in [5, 5.41) is 10.1. The third-order valence-electron chi connectivity index (χ3n) is 7.79. The SMILES string of the molecule is CN(C)C(=O)c1cccc(-c2cccc(-c3nc(C(=O)N4CCOCC4)cc4c3[C@H](CCO)N([S@@](=O)C(C)(C)C)C4)c2)c1. The van der Waals surface area contributed by atoms with E-state index < -0.39 is 15.7 Å². The maximum absolute atomic E-state index is 13.7. The molecule has 0 unspecified atom stereocenters. The van der Waals surface area contributed by atoms with E-state index in [0.29, 0.717) is 56.2 Å². The maximum Gasteiger partial charge on any atom is 0.272 e. The summed E-state index contributed by atoms with van der Waals surface area (Å²) < 4.78 is 20.6. The Kier molecular flexibility index (Phi) is 9.12. The van der Waals surface area contributed by atoms with Crippen LogP contribution in [0.3, 0.4) is 0 Å². The van der Waals surface area contributed by atoms with E-state index in [-0.39, 0.29) is 24.5 Å². The molecular formula is C33H40N4O5S. The maximum atomic E-state index is 13.7. The molecule has 0 aliphatic carbocycles. The van der Waals surface area contributed by atoms with Gasteiger partial charge in [0.05, 0.1) is 29.7 Å². The predicted octanol–water partition coefficient (Wildman–Crippen LogP) is 4.29. The van der Waals surface area contributed by atoms with Crippen LogP contribution in [0.15, 0.2) is 54.6 Å². The minimum absolute atomic E-state index is 0.0781. The first-order valence-electron chi connectivity index (χ1n) is 14.6. The second kappa shape index (κ2) is 12.7. The van der Waals surface area contributed by atoms with Crippen LogP contribution in [0.5, 0.6) is 0 Å². The number of morpholine rings is 1. The predicted molar refractivity (Wildman–Crippen MR) is 168 cm³/mol. The van der Waals surface area contributed by atoms with E-state index in [0.717, 1.165) is 27.8 Å². The van der Waals surface area contributed by atoms with Crippen LogP contribution < -0.4 is 0 Å². The molecule has 2 aromatic carbocycles. The van der Waals surface area contributed by atoms with Gasteiger partial charge in [0.2, 0.25) is 0 Å². The minimum Gasteiger partial charge on any atom is -0.396 e. The highest BCUT2D eigenvalue weighted by Gasteiger charge is 2.40. The quantitative estimate of drug-likeness (QED) is 0.432. The summed E-state index contributed by atoms with van der Waals surface area (Å²) in [5.41, 5.74) is 5.94. The fourth-order valence-electron chi connectivity index (χ4n) is 5.66. The van der Waals surface area contributed by atoms with Crippen molar-refractivity contribution in [3.63, 3.8) is 0 Å². The van der Waals surface area contributed by atoms with Gasteiger partial charge in [-0.1, -0.05) is 30.3 Å². The van der Waals surface area contributed by atoms with Gasteiger partial charge in [-0.05, 0) is 68.1 Å². The topological polar surface area (TPSA) is 103 Å². The number of rotatable bonds is 7. The first-order chi connectivity index (χ1) is 20.5. The summed E-state index contributed by atoms with van der Waals surface area (Å²) in [6, 6.07) is 16.9. The number of hydrogen-bond donors (Lipinski definition) is 1. The van der Waals surface area contributed by atoms with Crippen molar-refractivity contribution in [2.45, 2.75) is 44.5 Å². The molecule has 1 N–H and O–H groups in total. The number of aliphatic hydroxyl groups excluding tert-OH is 1. The molecule has 0 radical (unpaired) electrons. The van der Waals surface area contributed by atoms with Crippen LogP contribution in [0.25, 0.3) is 22.4 Å². The lowest BCUT2D eigenvalue weighted by molar-refractivity contribution is 0.0299. The second-order valence-corrected chi connectivity index (χ2v) is 14.4. The van der Waals surface area contributed by atoms with Crippen molar-refractivity contribution < 1.29 is 23.6 Å². The van der Waals surface area contributed by atoms with Crippen LogP contribution in [0.4, 0.5) is 0 Å². The third kappa shape index (κ3) is 6.43. The molecule has 1 saturated heterocycles. The number of carbonyl (C=O) groups excluding carboxylic acids is 2. The number of aliphatic hydroxyl groups is 1. The molecule has 0 saturated carbocycles. The molecule has 2 atom stereocenters. The molecule has 2 aliphatic heterocycles. The van der Waals surface area contributed by atoms with Gasteiger partial charge in [-0.15, -0.1) is 0 Å². The molecule has 0 bridgehead atoms. The Hall–Kier alpha value is -3.44. The molecule has 0 spiro atoms. The third-order valence-corrected chi connectivity index (χ3v) is 9.65. The molecule has 1 aromatic heterocycles. The molecule has 3 heterocycles. The van der Waals surface area contributed by atoms with Crippen molar-refractivity contribution in [3.05, 3.63) is 77.0 Å². The fraction of sp³-hybridized carbons (Fsp3) is 0.424. The van der Waals surface area contributed by atoms with E-state index in [9.17, 15) is 18.9 Å². The van der Waals surface area contributed by atoms with Gasteiger partial charge in [0.1, 0.15) is 16.7 Å². The van der Waals surface area contributed by atoms with E-state index >= 15 is 0 Å². The number of carbonyl (C=O) groups is 2. The smallest absolute Gasteiger partial charge is 0.272 e. The number of amides is 2. The van der Waals surface area contributed by atoms with E-state index in [1.165, 1.54) is 0 Å². The zero-order valence-corrected chi connectivity index (χ0v) is 26.3. The van der Waals surface area contributed by atoms with E-state index in [1.54, 1.807) is 30.0 Å². The molecule has 2 amide bonds. The van der Waals surface area contributed by atoms with Gasteiger partial charge in [0.25, 0.3) is 11.8 Å². The summed E-state index contributed by atoms with van der Waals surface area (Å²) in [5.74, 6) is -0.238. The lowest BCUT2D eigenvalue weighted by Gasteiger charge is -2.30. The summed E-state index contributed by atoms with van der Waals surface area (Å²) >= 11 is 0. The highest BCUT2D eigenvalue weighted by Crippen LogP contribution is 2.44. The molecule has 1 fully saturated rings. The van der Waals surface area contributed by atoms with Crippen molar-refractivity contribution in [2.75, 3.05) is 47.0 Å². The number of ether oxygens (including phenoxy) is 1. The van der Waals surface area contributed by atoms with Gasteiger partial charge >= 0.3 is 0 Å². The van der Waals surface area contributed by atoms with Gasteiger partial charge in [-0.25, -0.2) is 13.5 Å².